The van der Waals surface area contributed by atoms with Crippen LogP contribution in [-0.4, -0.2) is 21.5 Å². The van der Waals surface area contributed by atoms with E-state index in [1.54, 1.807) is 41.2 Å². The topological polar surface area (TPSA) is 64.0 Å². The van der Waals surface area contributed by atoms with Gasteiger partial charge in [-0.05, 0) is 23.6 Å². The van der Waals surface area contributed by atoms with E-state index in [1.165, 1.54) is 11.3 Å². The van der Waals surface area contributed by atoms with E-state index >= 15 is 0 Å². The molecule has 0 aliphatic rings. The highest BCUT2D eigenvalue weighted by Crippen LogP contribution is 2.18. The van der Waals surface area contributed by atoms with Gasteiger partial charge in [-0.2, -0.15) is 5.10 Å². The van der Waals surface area contributed by atoms with E-state index in [-0.39, 0.29) is 11.7 Å². The van der Waals surface area contributed by atoms with Crippen molar-refractivity contribution < 1.29 is 9.59 Å². The predicted octanol–water partition coefficient (Wildman–Crippen LogP) is 2.64. The number of amides is 1. The number of nitrogens with one attached hydrogen (secondary N) is 1. The molecule has 0 saturated heterocycles. The number of hydrogen-bond acceptors (Lipinski definition) is 4. The molecule has 0 saturated carbocycles. The molecule has 3 rings (SSSR count). The van der Waals surface area contributed by atoms with Gasteiger partial charge in [0.05, 0.1) is 22.7 Å². The van der Waals surface area contributed by atoms with Gasteiger partial charge in [0.1, 0.15) is 0 Å². The summed E-state index contributed by atoms with van der Waals surface area (Å²) in [5.74, 6) is -0.405. The first-order valence-electron chi connectivity index (χ1n) is 7.09. The van der Waals surface area contributed by atoms with E-state index < -0.39 is 0 Å². The van der Waals surface area contributed by atoms with Crippen LogP contribution in [-0.2, 0) is 13.6 Å². The van der Waals surface area contributed by atoms with Gasteiger partial charge in [-0.15, -0.1) is 11.3 Å². The summed E-state index contributed by atoms with van der Waals surface area (Å²) in [5, 5.41) is 8.74. The summed E-state index contributed by atoms with van der Waals surface area (Å²) in [7, 11) is 1.82. The molecule has 1 amide bonds. The van der Waals surface area contributed by atoms with E-state index in [1.807, 2.05) is 24.6 Å². The Morgan fingerprint density at radius 1 is 1.13 bits per heavy atom. The van der Waals surface area contributed by atoms with Gasteiger partial charge < -0.3 is 5.32 Å². The largest absolute Gasteiger partial charge is 0.346 e. The van der Waals surface area contributed by atoms with Crippen LogP contribution in [0.1, 0.15) is 31.3 Å². The Morgan fingerprint density at radius 2 is 1.91 bits per heavy atom. The van der Waals surface area contributed by atoms with Gasteiger partial charge in [-0.1, -0.05) is 24.3 Å². The Balaban J connectivity index is 1.81. The van der Waals surface area contributed by atoms with Crippen molar-refractivity contribution in [3.63, 3.8) is 0 Å². The van der Waals surface area contributed by atoms with Crippen molar-refractivity contribution in [2.24, 2.45) is 7.05 Å². The van der Waals surface area contributed by atoms with Crippen molar-refractivity contribution in [2.75, 3.05) is 0 Å². The number of rotatable bonds is 5. The number of benzene rings is 1. The minimum absolute atomic E-state index is 0.133. The number of carbonyl (C=O) groups is 2. The zero-order chi connectivity index (χ0) is 16.2. The van der Waals surface area contributed by atoms with Crippen LogP contribution in [0.4, 0.5) is 0 Å². The summed E-state index contributed by atoms with van der Waals surface area (Å²) < 4.78 is 1.70. The number of ketones is 1. The van der Waals surface area contributed by atoms with Gasteiger partial charge in [-0.25, -0.2) is 0 Å². The minimum Gasteiger partial charge on any atom is -0.346 e. The molecule has 6 heteroatoms. The maximum atomic E-state index is 12.5. The molecule has 0 aliphatic carbocycles. The fraction of sp³-hybridized carbons (Fsp3) is 0.118. The average Bonchev–Trinajstić information content (AvgIpc) is 3.24. The summed E-state index contributed by atoms with van der Waals surface area (Å²) >= 11 is 1.37. The first-order valence-corrected chi connectivity index (χ1v) is 7.97. The molecule has 0 radical (unpaired) electrons. The van der Waals surface area contributed by atoms with E-state index in [9.17, 15) is 9.59 Å². The molecule has 23 heavy (non-hydrogen) atoms. The molecule has 0 unspecified atom stereocenters. The van der Waals surface area contributed by atoms with Crippen molar-refractivity contribution >= 4 is 23.0 Å². The highest BCUT2D eigenvalue weighted by Gasteiger charge is 2.18. The number of carbonyl (C=O) groups excluding carboxylic acids is 2. The third kappa shape index (κ3) is 3.22. The van der Waals surface area contributed by atoms with Crippen molar-refractivity contribution in [2.45, 2.75) is 6.54 Å². The van der Waals surface area contributed by atoms with Crippen molar-refractivity contribution in [3.05, 3.63) is 75.7 Å². The number of aryl methyl sites for hydroxylation is 1. The number of thiophene rings is 1. The summed E-state index contributed by atoms with van der Waals surface area (Å²) in [5.41, 5.74) is 1.69. The third-order valence-corrected chi connectivity index (χ3v) is 4.38. The summed E-state index contributed by atoms with van der Waals surface area (Å²) in [6, 6.07) is 12.3. The zero-order valence-corrected chi connectivity index (χ0v) is 13.3. The van der Waals surface area contributed by atoms with E-state index in [0.717, 1.165) is 5.69 Å². The van der Waals surface area contributed by atoms with E-state index in [0.29, 0.717) is 22.5 Å². The highest BCUT2D eigenvalue weighted by atomic mass is 32.1. The van der Waals surface area contributed by atoms with E-state index in [4.69, 9.17) is 0 Å². The minimum atomic E-state index is -0.272. The fourth-order valence-electron chi connectivity index (χ4n) is 2.26. The van der Waals surface area contributed by atoms with Crippen LogP contribution >= 0.6 is 11.3 Å². The lowest BCUT2D eigenvalue weighted by Gasteiger charge is -2.09. The van der Waals surface area contributed by atoms with Crippen LogP contribution < -0.4 is 5.32 Å². The maximum absolute atomic E-state index is 12.5. The number of hydrogen-bond donors (Lipinski definition) is 1. The molecule has 1 N–H and O–H groups in total. The van der Waals surface area contributed by atoms with Gasteiger partial charge in [0, 0.05) is 18.8 Å². The molecule has 0 aliphatic heterocycles. The molecule has 2 heterocycles. The fourth-order valence-corrected chi connectivity index (χ4v) is 2.94. The van der Waals surface area contributed by atoms with Crippen LogP contribution in [0.5, 0.6) is 0 Å². The van der Waals surface area contributed by atoms with Gasteiger partial charge in [0.15, 0.2) is 0 Å². The lowest BCUT2D eigenvalue weighted by atomic mass is 10.0. The summed E-state index contributed by atoms with van der Waals surface area (Å²) in [6.07, 6.45) is 1.68. The maximum Gasteiger partial charge on any atom is 0.252 e. The average molecular weight is 325 g/mol. The lowest BCUT2D eigenvalue weighted by molar-refractivity contribution is 0.0939. The molecule has 116 valence electrons. The van der Waals surface area contributed by atoms with Crippen LogP contribution in [0, 0.1) is 0 Å². The van der Waals surface area contributed by atoms with E-state index in [2.05, 4.69) is 10.4 Å². The second-order valence-electron chi connectivity index (χ2n) is 4.98. The molecular formula is C17H15N3O2S. The lowest BCUT2D eigenvalue weighted by Crippen LogP contribution is -2.26. The van der Waals surface area contributed by atoms with Crippen LogP contribution in [0.3, 0.4) is 0 Å². The smallest absolute Gasteiger partial charge is 0.252 e. The first kappa shape index (κ1) is 15.2. The molecule has 2 aromatic heterocycles. The highest BCUT2D eigenvalue weighted by molar-refractivity contribution is 7.12. The second-order valence-corrected chi connectivity index (χ2v) is 5.93. The van der Waals surface area contributed by atoms with Crippen molar-refractivity contribution in [3.8, 4) is 0 Å². The molecule has 0 spiro atoms. The van der Waals surface area contributed by atoms with Crippen molar-refractivity contribution in [1.82, 2.24) is 15.1 Å². The van der Waals surface area contributed by atoms with Gasteiger partial charge in [0.25, 0.3) is 5.91 Å². The van der Waals surface area contributed by atoms with Crippen LogP contribution in [0.15, 0.2) is 54.0 Å². The monoisotopic (exact) mass is 325 g/mol. The summed E-state index contributed by atoms with van der Waals surface area (Å²) in [6.45, 7) is 0.358. The standard InChI is InChI=1S/C17H15N3O2S/c1-20-12(8-9-19-20)11-18-17(22)14-6-3-2-5-13(14)16(21)15-7-4-10-23-15/h2-10H,11H2,1H3,(H,18,22). The zero-order valence-electron chi connectivity index (χ0n) is 12.5. The number of nitrogens with zero attached hydrogens (tertiary/aromatic N) is 2. The molecule has 3 aromatic rings. The third-order valence-electron chi connectivity index (χ3n) is 3.51. The quantitative estimate of drug-likeness (QED) is 0.734. The predicted molar refractivity (Wildman–Crippen MR) is 88.6 cm³/mol. The molecular weight excluding hydrogens is 310 g/mol. The molecule has 0 fully saturated rings. The Hall–Kier alpha value is -2.73. The van der Waals surface area contributed by atoms with Gasteiger partial charge in [-0.3, -0.25) is 14.3 Å². The second kappa shape index (κ2) is 6.58. The Labute approximate surface area is 137 Å². The molecule has 0 atom stereocenters. The van der Waals surface area contributed by atoms with Gasteiger partial charge in [0.2, 0.25) is 5.78 Å². The van der Waals surface area contributed by atoms with Crippen molar-refractivity contribution in [1.29, 1.82) is 0 Å². The molecule has 0 bridgehead atoms. The Morgan fingerprint density at radius 3 is 2.57 bits per heavy atom. The SMILES string of the molecule is Cn1nccc1CNC(=O)c1ccccc1C(=O)c1cccs1. The Bertz CT molecular complexity index is 837. The molecule has 5 nitrogen and oxygen atoms in total. The summed E-state index contributed by atoms with van der Waals surface area (Å²) in [4.78, 5) is 25.6. The molecule has 1 aromatic carbocycles. The van der Waals surface area contributed by atoms with Crippen LogP contribution in [0.2, 0.25) is 0 Å². The first-order chi connectivity index (χ1) is 11.2. The normalized spacial score (nSPS) is 10.5. The van der Waals surface area contributed by atoms with Crippen LogP contribution in [0.25, 0.3) is 0 Å². The Kier molecular flexibility index (Phi) is 4.34. The number of aromatic nitrogens is 2. The van der Waals surface area contributed by atoms with Gasteiger partial charge >= 0.3 is 0 Å².